The van der Waals surface area contributed by atoms with Crippen LogP contribution in [0.1, 0.15) is 24.0 Å². The van der Waals surface area contributed by atoms with E-state index in [4.69, 9.17) is 0 Å². The predicted molar refractivity (Wildman–Crippen MR) is 103 cm³/mol. The highest BCUT2D eigenvalue weighted by Crippen LogP contribution is 2.55. The van der Waals surface area contributed by atoms with Crippen molar-refractivity contribution in [3.63, 3.8) is 0 Å². The summed E-state index contributed by atoms with van der Waals surface area (Å²) in [6.07, 6.45) is 1.76. The molecule has 1 aliphatic carbocycles. The van der Waals surface area contributed by atoms with E-state index in [1.165, 1.54) is 17.8 Å². The number of nitrogens with zero attached hydrogens (tertiary/aromatic N) is 2. The molecule has 0 N–H and O–H groups in total. The Morgan fingerprint density at radius 1 is 1.14 bits per heavy atom. The summed E-state index contributed by atoms with van der Waals surface area (Å²) in [5.41, 5.74) is 2.03. The van der Waals surface area contributed by atoms with Gasteiger partial charge in [-0.15, -0.1) is 11.8 Å². The van der Waals surface area contributed by atoms with Gasteiger partial charge in [-0.05, 0) is 36.6 Å². The Hall–Kier alpha value is -2.41. The molecule has 1 unspecified atom stereocenters. The minimum absolute atomic E-state index is 0.0239. The first-order chi connectivity index (χ1) is 13.5. The number of benzene rings is 2. The Balaban J connectivity index is 1.56. The normalized spacial score (nSPS) is 23.6. The lowest BCUT2D eigenvalue weighted by Crippen LogP contribution is -2.50. The van der Waals surface area contributed by atoms with E-state index >= 15 is 0 Å². The second kappa shape index (κ2) is 6.30. The van der Waals surface area contributed by atoms with Gasteiger partial charge in [0.1, 0.15) is 0 Å². The maximum absolute atomic E-state index is 13.7. The van der Waals surface area contributed by atoms with Gasteiger partial charge in [-0.2, -0.15) is 0 Å². The molecule has 2 fully saturated rings. The molecule has 7 heteroatoms. The summed E-state index contributed by atoms with van der Waals surface area (Å²) in [7, 11) is 0. The maximum Gasteiger partial charge on any atom is 0.268 e. The summed E-state index contributed by atoms with van der Waals surface area (Å²) < 4.78 is 27.0. The number of thioether (sulfide) groups is 1. The third-order valence-corrected chi connectivity index (χ3v) is 7.04. The van der Waals surface area contributed by atoms with Crippen molar-refractivity contribution < 1.29 is 18.4 Å². The Morgan fingerprint density at radius 3 is 2.68 bits per heavy atom. The van der Waals surface area contributed by atoms with Crippen molar-refractivity contribution >= 4 is 29.3 Å². The van der Waals surface area contributed by atoms with Crippen molar-refractivity contribution in [2.24, 2.45) is 5.92 Å². The summed E-state index contributed by atoms with van der Waals surface area (Å²) in [5, 5.41) is 0. The third kappa shape index (κ3) is 2.49. The van der Waals surface area contributed by atoms with E-state index in [1.807, 2.05) is 24.3 Å². The number of para-hydroxylation sites is 1. The van der Waals surface area contributed by atoms with Gasteiger partial charge >= 0.3 is 0 Å². The largest absolute Gasteiger partial charge is 0.315 e. The molecule has 0 radical (unpaired) electrons. The Kier molecular flexibility index (Phi) is 3.98. The predicted octanol–water partition coefficient (Wildman–Crippen LogP) is 3.65. The SMILES string of the molecule is O=C(C1CC1)N1CCSC12C(=O)N(Cc1ccc(F)c(F)c1)c1ccccc12. The second-order valence-corrected chi connectivity index (χ2v) is 8.70. The first kappa shape index (κ1) is 17.7. The lowest BCUT2D eigenvalue weighted by Gasteiger charge is -2.33. The van der Waals surface area contributed by atoms with Crippen LogP contribution in [0.5, 0.6) is 0 Å². The van der Waals surface area contributed by atoms with Crippen LogP contribution < -0.4 is 4.90 Å². The highest BCUT2D eigenvalue weighted by molar-refractivity contribution is 8.01. The Bertz CT molecular complexity index is 994. The van der Waals surface area contributed by atoms with Crippen LogP contribution >= 0.6 is 11.8 Å². The van der Waals surface area contributed by atoms with Gasteiger partial charge in [0, 0.05) is 23.8 Å². The van der Waals surface area contributed by atoms with Gasteiger partial charge in [-0.25, -0.2) is 8.78 Å². The molecule has 1 atom stereocenters. The van der Waals surface area contributed by atoms with Crippen molar-refractivity contribution in [3.05, 3.63) is 65.2 Å². The van der Waals surface area contributed by atoms with Crippen molar-refractivity contribution in [1.29, 1.82) is 0 Å². The van der Waals surface area contributed by atoms with Gasteiger partial charge in [0.25, 0.3) is 5.91 Å². The number of rotatable bonds is 3. The molecule has 2 heterocycles. The fraction of sp³-hybridized carbons (Fsp3) is 0.333. The van der Waals surface area contributed by atoms with E-state index in [1.54, 1.807) is 9.80 Å². The molecule has 2 amide bonds. The molecule has 3 aliphatic rings. The van der Waals surface area contributed by atoms with Gasteiger partial charge in [0.05, 0.1) is 12.2 Å². The van der Waals surface area contributed by atoms with Crippen LogP contribution in [0.15, 0.2) is 42.5 Å². The lowest BCUT2D eigenvalue weighted by atomic mass is 10.1. The molecule has 4 nitrogen and oxygen atoms in total. The van der Waals surface area contributed by atoms with Crippen LogP contribution in [0, 0.1) is 17.6 Å². The van der Waals surface area contributed by atoms with E-state index in [0.717, 1.165) is 36.2 Å². The second-order valence-electron chi connectivity index (χ2n) is 7.41. The number of carbonyl (C=O) groups is 2. The molecule has 1 saturated carbocycles. The molecule has 2 aromatic rings. The molecular formula is C21H18F2N2O2S. The standard InChI is InChI=1S/C21H18F2N2O2S/c22-16-8-5-13(11-17(16)23)12-24-18-4-2-1-3-15(18)21(20(24)27)25(9-10-28-21)19(26)14-6-7-14/h1-5,8,11,14H,6-7,9-10,12H2. The van der Waals surface area contributed by atoms with E-state index < -0.39 is 16.5 Å². The average Bonchev–Trinajstić information content (AvgIpc) is 3.41. The highest BCUT2D eigenvalue weighted by atomic mass is 32.2. The molecular weight excluding hydrogens is 382 g/mol. The van der Waals surface area contributed by atoms with Gasteiger partial charge in [0.15, 0.2) is 16.5 Å². The number of amides is 2. The fourth-order valence-electron chi connectivity index (χ4n) is 4.12. The number of carbonyl (C=O) groups excluding carboxylic acids is 2. The van der Waals surface area contributed by atoms with Crippen molar-refractivity contribution in [1.82, 2.24) is 4.90 Å². The minimum atomic E-state index is -1.05. The summed E-state index contributed by atoms with van der Waals surface area (Å²) in [6.45, 7) is 0.667. The molecule has 2 aliphatic heterocycles. The number of halogens is 2. The van der Waals surface area contributed by atoms with Gasteiger partial charge in [-0.3, -0.25) is 9.59 Å². The molecule has 2 aromatic carbocycles. The van der Waals surface area contributed by atoms with Gasteiger partial charge < -0.3 is 9.80 Å². The topological polar surface area (TPSA) is 40.6 Å². The summed E-state index contributed by atoms with van der Waals surface area (Å²) in [6, 6.07) is 11.1. The zero-order valence-electron chi connectivity index (χ0n) is 15.0. The smallest absolute Gasteiger partial charge is 0.268 e. The quantitative estimate of drug-likeness (QED) is 0.790. The summed E-state index contributed by atoms with van der Waals surface area (Å²) >= 11 is 1.48. The summed E-state index contributed by atoms with van der Waals surface area (Å²) in [4.78, 5) is 28.8. The van der Waals surface area contributed by atoms with E-state index in [-0.39, 0.29) is 24.3 Å². The number of fused-ring (bicyclic) bond motifs is 2. The van der Waals surface area contributed by atoms with Crippen LogP contribution in [0.3, 0.4) is 0 Å². The van der Waals surface area contributed by atoms with E-state index in [2.05, 4.69) is 0 Å². The monoisotopic (exact) mass is 400 g/mol. The third-order valence-electron chi connectivity index (χ3n) is 5.62. The van der Waals surface area contributed by atoms with Gasteiger partial charge in [0.2, 0.25) is 5.91 Å². The van der Waals surface area contributed by atoms with Crippen LogP contribution in [0.2, 0.25) is 0 Å². The summed E-state index contributed by atoms with van der Waals surface area (Å²) in [5.74, 6) is -1.28. The van der Waals surface area contributed by atoms with Gasteiger partial charge in [-0.1, -0.05) is 24.3 Å². The fourth-order valence-corrected chi connectivity index (χ4v) is 5.59. The van der Waals surface area contributed by atoms with Crippen molar-refractivity contribution in [2.45, 2.75) is 24.3 Å². The maximum atomic E-state index is 13.7. The Labute approximate surface area is 165 Å². The molecule has 0 bridgehead atoms. The number of hydrogen-bond donors (Lipinski definition) is 0. The van der Waals surface area contributed by atoms with Crippen LogP contribution in [-0.4, -0.2) is 29.0 Å². The Morgan fingerprint density at radius 2 is 1.93 bits per heavy atom. The zero-order valence-corrected chi connectivity index (χ0v) is 15.8. The molecule has 1 spiro atoms. The highest BCUT2D eigenvalue weighted by Gasteiger charge is 2.60. The van der Waals surface area contributed by atoms with Crippen LogP contribution in [-0.2, 0) is 21.0 Å². The van der Waals surface area contributed by atoms with E-state index in [0.29, 0.717) is 17.9 Å². The van der Waals surface area contributed by atoms with E-state index in [9.17, 15) is 18.4 Å². The van der Waals surface area contributed by atoms with Crippen molar-refractivity contribution in [3.8, 4) is 0 Å². The molecule has 0 aromatic heterocycles. The molecule has 1 saturated heterocycles. The number of hydrogen-bond acceptors (Lipinski definition) is 3. The van der Waals surface area contributed by atoms with Crippen LogP contribution in [0.25, 0.3) is 0 Å². The molecule has 28 heavy (non-hydrogen) atoms. The molecule has 5 rings (SSSR count). The zero-order chi connectivity index (χ0) is 19.5. The first-order valence-corrected chi connectivity index (χ1v) is 10.3. The van der Waals surface area contributed by atoms with Crippen LogP contribution in [0.4, 0.5) is 14.5 Å². The van der Waals surface area contributed by atoms with Crippen molar-refractivity contribution in [2.75, 3.05) is 17.2 Å². The first-order valence-electron chi connectivity index (χ1n) is 9.33. The molecule has 144 valence electrons. The number of anilines is 1. The minimum Gasteiger partial charge on any atom is -0.315 e. The average molecular weight is 400 g/mol. The lowest BCUT2D eigenvalue weighted by molar-refractivity contribution is -0.141.